The number of hydrogen-bond donors (Lipinski definition) is 1. The van der Waals surface area contributed by atoms with E-state index in [0.29, 0.717) is 0 Å². The first-order chi connectivity index (χ1) is 2.91. The van der Waals surface area contributed by atoms with Crippen molar-refractivity contribution in [2.24, 2.45) is 5.73 Å². The Bertz CT molecular complexity index is 39.2. The van der Waals surface area contributed by atoms with Crippen LogP contribution in [0.1, 0.15) is 19.8 Å². The molecule has 2 N–H and O–H groups in total. The van der Waals surface area contributed by atoms with Crippen molar-refractivity contribution in [1.82, 2.24) is 0 Å². The van der Waals surface area contributed by atoms with Crippen LogP contribution in [0.2, 0.25) is 0 Å². The Morgan fingerprint density at radius 2 is 2.33 bits per heavy atom. The van der Waals surface area contributed by atoms with Crippen LogP contribution in [0, 0.1) is 0 Å². The molecule has 6 heavy (non-hydrogen) atoms. The molecule has 0 aliphatic rings. The Balaban J connectivity index is 2.66. The zero-order valence-electron chi connectivity index (χ0n) is 4.15. The second kappa shape index (κ2) is 4.54. The maximum atomic E-state index is 5.03. The second-order valence-corrected chi connectivity index (χ2v) is 1.22. The summed E-state index contributed by atoms with van der Waals surface area (Å²) in [6.07, 6.45) is 5.84. The number of hydrogen-bond acceptors (Lipinski definition) is 1. The van der Waals surface area contributed by atoms with Crippen LogP contribution in [0.3, 0.4) is 0 Å². The molecule has 0 bridgehead atoms. The molecule has 0 aromatic carbocycles. The molecule has 0 spiro atoms. The van der Waals surface area contributed by atoms with Gasteiger partial charge in [-0.2, -0.15) is 0 Å². The van der Waals surface area contributed by atoms with E-state index in [1.807, 2.05) is 6.08 Å². The lowest BCUT2D eigenvalue weighted by atomic mass is 10.3. The monoisotopic (exact) mass is 85.1 g/mol. The molecule has 1 heteroatoms. The van der Waals surface area contributed by atoms with Gasteiger partial charge in [-0.25, -0.2) is 0 Å². The van der Waals surface area contributed by atoms with Crippen molar-refractivity contribution in [3.63, 3.8) is 0 Å². The van der Waals surface area contributed by atoms with E-state index in [4.69, 9.17) is 5.73 Å². The number of unbranched alkanes of at least 4 members (excludes halogenated alkanes) is 1. The summed E-state index contributed by atoms with van der Waals surface area (Å²) in [4.78, 5) is 0. The molecule has 0 atom stereocenters. The van der Waals surface area contributed by atoms with Crippen LogP contribution in [0.5, 0.6) is 0 Å². The van der Waals surface area contributed by atoms with Gasteiger partial charge in [-0.15, -0.1) is 0 Å². The third-order valence-corrected chi connectivity index (χ3v) is 0.591. The Morgan fingerprint density at radius 3 is 2.50 bits per heavy atom. The minimum Gasteiger partial charge on any atom is -0.405 e. The van der Waals surface area contributed by atoms with Crippen molar-refractivity contribution >= 4 is 0 Å². The lowest BCUT2D eigenvalue weighted by Gasteiger charge is -1.76. The van der Waals surface area contributed by atoms with Crippen molar-refractivity contribution in [3.8, 4) is 0 Å². The highest BCUT2D eigenvalue weighted by Crippen LogP contribution is 1.83. The van der Waals surface area contributed by atoms with Gasteiger partial charge in [0.25, 0.3) is 0 Å². The molecule has 0 heterocycles. The van der Waals surface area contributed by atoms with E-state index in [1.54, 1.807) is 6.20 Å². The Kier molecular flexibility index (Phi) is 4.19. The van der Waals surface area contributed by atoms with E-state index in [1.165, 1.54) is 6.42 Å². The van der Waals surface area contributed by atoms with Crippen LogP contribution in [0.15, 0.2) is 12.3 Å². The van der Waals surface area contributed by atoms with Gasteiger partial charge in [0.1, 0.15) is 0 Å². The van der Waals surface area contributed by atoms with Gasteiger partial charge in [-0.1, -0.05) is 19.4 Å². The summed E-state index contributed by atoms with van der Waals surface area (Å²) in [5, 5.41) is 0. The molecule has 0 fully saturated rings. The molecule has 0 aromatic rings. The molecule has 0 amide bonds. The first-order valence-corrected chi connectivity index (χ1v) is 2.28. The van der Waals surface area contributed by atoms with Crippen LogP contribution in [0.4, 0.5) is 0 Å². The predicted molar refractivity (Wildman–Crippen MR) is 28.2 cm³/mol. The SMILES string of the molecule is CCC/C=C\N. The minimum absolute atomic E-state index is 1.11. The van der Waals surface area contributed by atoms with Gasteiger partial charge in [-0.3, -0.25) is 0 Å². The summed E-state index contributed by atoms with van der Waals surface area (Å²) >= 11 is 0. The van der Waals surface area contributed by atoms with Gasteiger partial charge >= 0.3 is 0 Å². The summed E-state index contributed by atoms with van der Waals surface area (Å²) in [7, 11) is 0. The first-order valence-electron chi connectivity index (χ1n) is 2.28. The third kappa shape index (κ3) is 3.54. The fraction of sp³-hybridized carbons (Fsp3) is 0.600. The molecule has 0 saturated heterocycles. The van der Waals surface area contributed by atoms with Crippen molar-refractivity contribution in [3.05, 3.63) is 12.3 Å². The maximum Gasteiger partial charge on any atom is -0.0103 e. The van der Waals surface area contributed by atoms with Gasteiger partial charge in [0.05, 0.1) is 0 Å². The number of allylic oxidation sites excluding steroid dienone is 1. The van der Waals surface area contributed by atoms with Crippen LogP contribution in [-0.4, -0.2) is 0 Å². The molecular weight excluding hydrogens is 74.1 g/mol. The van der Waals surface area contributed by atoms with E-state index in [9.17, 15) is 0 Å². The van der Waals surface area contributed by atoms with E-state index in [2.05, 4.69) is 6.92 Å². The highest BCUT2D eigenvalue weighted by molar-refractivity contribution is 4.73. The third-order valence-electron chi connectivity index (χ3n) is 0.591. The molecule has 0 aliphatic heterocycles. The average molecular weight is 85.2 g/mol. The summed E-state index contributed by atoms with van der Waals surface area (Å²) in [6.45, 7) is 2.12. The Hall–Kier alpha value is -0.460. The van der Waals surface area contributed by atoms with Crippen LogP contribution in [-0.2, 0) is 0 Å². The van der Waals surface area contributed by atoms with Crippen LogP contribution < -0.4 is 5.73 Å². The molecular formula is C5H11N. The summed E-state index contributed by atoms with van der Waals surface area (Å²) in [6, 6.07) is 0. The van der Waals surface area contributed by atoms with Crippen molar-refractivity contribution in [2.75, 3.05) is 0 Å². The molecule has 0 aliphatic carbocycles. The standard InChI is InChI=1S/C5H11N/c1-2-3-4-5-6/h4-5H,2-3,6H2,1H3/b5-4-. The van der Waals surface area contributed by atoms with Crippen molar-refractivity contribution in [2.45, 2.75) is 19.8 Å². The zero-order valence-corrected chi connectivity index (χ0v) is 4.15. The minimum atomic E-state index is 1.11. The quantitative estimate of drug-likeness (QED) is 0.536. The number of rotatable bonds is 2. The van der Waals surface area contributed by atoms with Gasteiger partial charge < -0.3 is 5.73 Å². The molecule has 0 unspecified atom stereocenters. The normalized spacial score (nSPS) is 10.2. The molecule has 0 aromatic heterocycles. The zero-order chi connectivity index (χ0) is 4.83. The van der Waals surface area contributed by atoms with E-state index >= 15 is 0 Å². The predicted octanol–water partition coefficient (Wildman–Crippen LogP) is 1.26. The molecule has 0 saturated carbocycles. The largest absolute Gasteiger partial charge is 0.405 e. The molecule has 36 valence electrons. The van der Waals surface area contributed by atoms with Gasteiger partial charge in [0.2, 0.25) is 0 Å². The Morgan fingerprint density at radius 1 is 1.67 bits per heavy atom. The van der Waals surface area contributed by atoms with Crippen LogP contribution >= 0.6 is 0 Å². The summed E-state index contributed by atoms with van der Waals surface area (Å²) in [5.74, 6) is 0. The lowest BCUT2D eigenvalue weighted by Crippen LogP contribution is -1.73. The molecule has 0 radical (unpaired) electrons. The highest BCUT2D eigenvalue weighted by atomic mass is 14.5. The summed E-state index contributed by atoms with van der Waals surface area (Å²) in [5.41, 5.74) is 5.03. The fourth-order valence-corrected chi connectivity index (χ4v) is 0.263. The van der Waals surface area contributed by atoms with Crippen molar-refractivity contribution < 1.29 is 0 Å². The lowest BCUT2D eigenvalue weighted by molar-refractivity contribution is 0.956. The van der Waals surface area contributed by atoms with E-state index in [-0.39, 0.29) is 0 Å². The van der Waals surface area contributed by atoms with Gasteiger partial charge in [-0.05, 0) is 12.6 Å². The summed E-state index contributed by atoms with van der Waals surface area (Å²) < 4.78 is 0. The molecule has 0 rings (SSSR count). The molecule has 1 nitrogen and oxygen atoms in total. The van der Waals surface area contributed by atoms with Crippen molar-refractivity contribution in [1.29, 1.82) is 0 Å². The van der Waals surface area contributed by atoms with E-state index < -0.39 is 0 Å². The Labute approximate surface area is 38.8 Å². The highest BCUT2D eigenvalue weighted by Gasteiger charge is 1.65. The van der Waals surface area contributed by atoms with Gasteiger partial charge in [0, 0.05) is 0 Å². The fourth-order valence-electron chi connectivity index (χ4n) is 0.263. The topological polar surface area (TPSA) is 26.0 Å². The smallest absolute Gasteiger partial charge is 0.0103 e. The first kappa shape index (κ1) is 5.54. The van der Waals surface area contributed by atoms with Crippen LogP contribution in [0.25, 0.3) is 0 Å². The van der Waals surface area contributed by atoms with Gasteiger partial charge in [0.15, 0.2) is 0 Å². The van der Waals surface area contributed by atoms with E-state index in [0.717, 1.165) is 6.42 Å². The average Bonchev–Trinajstić information content (AvgIpc) is 1.61. The number of nitrogens with two attached hydrogens (primary N) is 1. The second-order valence-electron chi connectivity index (χ2n) is 1.22. The maximum absolute atomic E-state index is 5.03.